The summed E-state index contributed by atoms with van der Waals surface area (Å²) in [7, 11) is 3.91. The summed E-state index contributed by atoms with van der Waals surface area (Å²) in [5.74, 6) is -1.15. The van der Waals surface area contributed by atoms with Crippen LogP contribution in [0.25, 0.3) is 0 Å². The minimum atomic E-state index is -0.767. The number of carbonyl (C=O) groups is 2. The maximum Gasteiger partial charge on any atom is 0.329 e. The number of nitrogens with zero attached hydrogens (tertiary/aromatic N) is 2. The molecule has 0 aliphatic carbocycles. The molecular weight excluding hydrogens is 268 g/mol. The van der Waals surface area contributed by atoms with E-state index in [9.17, 15) is 9.59 Å². The molecule has 2 amide bonds. The highest BCUT2D eigenvalue weighted by molar-refractivity contribution is 6.35. The molecule has 0 fully saturated rings. The first-order valence-electron chi connectivity index (χ1n) is 6.78. The lowest BCUT2D eigenvalue weighted by Gasteiger charge is -2.11. The van der Waals surface area contributed by atoms with E-state index >= 15 is 0 Å². The van der Waals surface area contributed by atoms with Crippen LogP contribution in [0, 0.1) is 5.92 Å². The molecule has 0 saturated heterocycles. The van der Waals surface area contributed by atoms with E-state index in [0.717, 1.165) is 11.3 Å². The van der Waals surface area contributed by atoms with Crippen molar-refractivity contribution >= 4 is 23.7 Å². The minimum Gasteiger partial charge on any atom is -0.378 e. The van der Waals surface area contributed by atoms with Crippen molar-refractivity contribution in [3.05, 3.63) is 29.8 Å². The normalized spacial score (nSPS) is 10.7. The number of anilines is 1. The number of carbonyl (C=O) groups excluding carboxylic acids is 2. The van der Waals surface area contributed by atoms with Crippen molar-refractivity contribution < 1.29 is 9.59 Å². The molecule has 0 aliphatic heterocycles. The summed E-state index contributed by atoms with van der Waals surface area (Å²) in [6.45, 7) is 4.36. The first-order valence-corrected chi connectivity index (χ1v) is 6.78. The maximum absolute atomic E-state index is 11.4. The molecule has 0 atom stereocenters. The van der Waals surface area contributed by atoms with Gasteiger partial charge in [-0.3, -0.25) is 9.59 Å². The van der Waals surface area contributed by atoms with E-state index in [1.54, 1.807) is 0 Å². The van der Waals surface area contributed by atoms with Crippen LogP contribution in [-0.2, 0) is 9.59 Å². The van der Waals surface area contributed by atoms with E-state index in [-0.39, 0.29) is 0 Å². The van der Waals surface area contributed by atoms with Gasteiger partial charge in [0, 0.05) is 26.3 Å². The van der Waals surface area contributed by atoms with Crippen LogP contribution in [0.15, 0.2) is 29.4 Å². The molecule has 21 heavy (non-hydrogen) atoms. The quantitative estimate of drug-likeness (QED) is 0.482. The van der Waals surface area contributed by atoms with Crippen molar-refractivity contribution in [2.45, 2.75) is 13.8 Å². The fraction of sp³-hybridized carbons (Fsp3) is 0.400. The Hall–Kier alpha value is -2.37. The average Bonchev–Trinajstić information content (AvgIpc) is 2.45. The van der Waals surface area contributed by atoms with Gasteiger partial charge in [-0.05, 0) is 23.6 Å². The first-order chi connectivity index (χ1) is 9.90. The van der Waals surface area contributed by atoms with Crippen LogP contribution in [0.3, 0.4) is 0 Å². The lowest BCUT2D eigenvalue weighted by atomic mass is 10.2. The van der Waals surface area contributed by atoms with Gasteiger partial charge >= 0.3 is 11.8 Å². The molecule has 0 saturated carbocycles. The van der Waals surface area contributed by atoms with Crippen LogP contribution in [0.1, 0.15) is 19.4 Å². The van der Waals surface area contributed by atoms with E-state index in [0.29, 0.717) is 12.5 Å². The Bertz CT molecular complexity index is 507. The predicted molar refractivity (Wildman–Crippen MR) is 84.4 cm³/mol. The number of benzene rings is 1. The molecular formula is C15H22N4O2. The third-order valence-electron chi connectivity index (χ3n) is 2.67. The Balaban J connectivity index is 2.46. The smallest absolute Gasteiger partial charge is 0.329 e. The number of nitrogens with one attached hydrogen (secondary N) is 2. The predicted octanol–water partition coefficient (Wildman–Crippen LogP) is 0.975. The Labute approximate surface area is 125 Å². The fourth-order valence-corrected chi connectivity index (χ4v) is 1.45. The van der Waals surface area contributed by atoms with E-state index in [4.69, 9.17) is 0 Å². The Kier molecular flexibility index (Phi) is 6.39. The molecule has 114 valence electrons. The van der Waals surface area contributed by atoms with Crippen LogP contribution < -0.4 is 15.6 Å². The number of hydrazone groups is 1. The molecule has 6 heteroatoms. The highest BCUT2D eigenvalue weighted by Gasteiger charge is 2.11. The van der Waals surface area contributed by atoms with Crippen molar-refractivity contribution in [2.24, 2.45) is 11.0 Å². The molecule has 0 unspecified atom stereocenters. The molecule has 0 aliphatic rings. The Morgan fingerprint density at radius 3 is 2.33 bits per heavy atom. The average molecular weight is 290 g/mol. The van der Waals surface area contributed by atoms with Crippen molar-refractivity contribution in [1.29, 1.82) is 0 Å². The van der Waals surface area contributed by atoms with Gasteiger partial charge in [-0.1, -0.05) is 26.0 Å². The Morgan fingerprint density at radius 2 is 1.81 bits per heavy atom. The van der Waals surface area contributed by atoms with Crippen molar-refractivity contribution in [3.63, 3.8) is 0 Å². The maximum atomic E-state index is 11.4. The summed E-state index contributed by atoms with van der Waals surface area (Å²) >= 11 is 0. The largest absolute Gasteiger partial charge is 0.378 e. The number of amides is 2. The zero-order valence-electron chi connectivity index (χ0n) is 12.9. The van der Waals surface area contributed by atoms with Crippen LogP contribution in [0.5, 0.6) is 0 Å². The Morgan fingerprint density at radius 1 is 1.19 bits per heavy atom. The third-order valence-corrected chi connectivity index (χ3v) is 2.67. The molecule has 0 radical (unpaired) electrons. The summed E-state index contributed by atoms with van der Waals surface area (Å²) in [6, 6.07) is 7.64. The van der Waals surface area contributed by atoms with E-state index in [1.165, 1.54) is 6.21 Å². The van der Waals surface area contributed by atoms with Crippen molar-refractivity contribution in [1.82, 2.24) is 10.7 Å². The SMILES string of the molecule is CC(C)CNC(=O)C(=O)N/N=C/c1ccc(N(C)C)cc1. The lowest BCUT2D eigenvalue weighted by molar-refractivity contribution is -0.139. The van der Waals surface area contributed by atoms with Gasteiger partial charge in [-0.15, -0.1) is 0 Å². The van der Waals surface area contributed by atoms with Gasteiger partial charge in [-0.25, -0.2) is 5.43 Å². The van der Waals surface area contributed by atoms with E-state index in [2.05, 4.69) is 15.8 Å². The van der Waals surface area contributed by atoms with E-state index in [1.807, 2.05) is 57.1 Å². The van der Waals surface area contributed by atoms with Crippen molar-refractivity contribution in [2.75, 3.05) is 25.5 Å². The van der Waals surface area contributed by atoms with E-state index < -0.39 is 11.8 Å². The second-order valence-electron chi connectivity index (χ2n) is 5.29. The molecule has 0 bridgehead atoms. The molecule has 0 spiro atoms. The van der Waals surface area contributed by atoms with Gasteiger partial charge in [0.05, 0.1) is 6.21 Å². The number of rotatable bonds is 5. The highest BCUT2D eigenvalue weighted by Crippen LogP contribution is 2.10. The van der Waals surface area contributed by atoms with Crippen molar-refractivity contribution in [3.8, 4) is 0 Å². The third kappa shape index (κ3) is 6.07. The van der Waals surface area contributed by atoms with Crippen LogP contribution in [-0.4, -0.2) is 38.7 Å². The summed E-state index contributed by atoms with van der Waals surface area (Å²) in [4.78, 5) is 24.8. The highest BCUT2D eigenvalue weighted by atomic mass is 16.2. The number of hydrogen-bond donors (Lipinski definition) is 2. The molecule has 0 heterocycles. The van der Waals surface area contributed by atoms with Gasteiger partial charge in [0.15, 0.2) is 0 Å². The van der Waals surface area contributed by atoms with Crippen LogP contribution in [0.2, 0.25) is 0 Å². The standard InChI is InChI=1S/C15H22N4O2/c1-11(2)9-16-14(20)15(21)18-17-10-12-5-7-13(8-6-12)19(3)4/h5-8,10-11H,9H2,1-4H3,(H,16,20)(H,18,21)/b17-10+. The molecule has 6 nitrogen and oxygen atoms in total. The van der Waals surface area contributed by atoms with Gasteiger partial charge in [0.2, 0.25) is 0 Å². The van der Waals surface area contributed by atoms with Crippen LogP contribution in [0.4, 0.5) is 5.69 Å². The molecule has 2 N–H and O–H groups in total. The second-order valence-corrected chi connectivity index (χ2v) is 5.29. The minimum absolute atomic E-state index is 0.292. The zero-order chi connectivity index (χ0) is 15.8. The molecule has 1 rings (SSSR count). The molecule has 1 aromatic rings. The summed E-state index contributed by atoms with van der Waals surface area (Å²) in [6.07, 6.45) is 1.49. The summed E-state index contributed by atoms with van der Waals surface area (Å²) < 4.78 is 0. The van der Waals surface area contributed by atoms with Crippen LogP contribution >= 0.6 is 0 Å². The topological polar surface area (TPSA) is 73.8 Å². The summed E-state index contributed by atoms with van der Waals surface area (Å²) in [5, 5.41) is 6.29. The van der Waals surface area contributed by atoms with Gasteiger partial charge in [-0.2, -0.15) is 5.10 Å². The first kappa shape index (κ1) is 16.7. The fourth-order valence-electron chi connectivity index (χ4n) is 1.45. The number of hydrogen-bond acceptors (Lipinski definition) is 4. The van der Waals surface area contributed by atoms with Gasteiger partial charge in [0.1, 0.15) is 0 Å². The zero-order valence-corrected chi connectivity index (χ0v) is 12.9. The molecule has 0 aromatic heterocycles. The monoisotopic (exact) mass is 290 g/mol. The molecule has 1 aromatic carbocycles. The second kappa shape index (κ2) is 8.04. The lowest BCUT2D eigenvalue weighted by Crippen LogP contribution is -2.39. The summed E-state index contributed by atoms with van der Waals surface area (Å²) in [5.41, 5.74) is 4.11. The van der Waals surface area contributed by atoms with Gasteiger partial charge < -0.3 is 10.2 Å². The van der Waals surface area contributed by atoms with Gasteiger partial charge in [0.25, 0.3) is 0 Å².